The number of rotatable bonds is 5. The smallest absolute Gasteiger partial charge is 0.207 e. The van der Waals surface area contributed by atoms with Crippen LogP contribution in [0.1, 0.15) is 22.5 Å². The van der Waals surface area contributed by atoms with E-state index in [0.717, 1.165) is 29.5 Å². The Morgan fingerprint density at radius 3 is 2.28 bits per heavy atom. The van der Waals surface area contributed by atoms with Crippen molar-refractivity contribution in [3.05, 3.63) is 75.8 Å². The molecule has 5 heteroatoms. The molecule has 1 N–H and O–H groups in total. The maximum absolute atomic E-state index is 5.71. The number of quaternary nitrogens is 1. The predicted octanol–water partition coefficient (Wildman–Crippen LogP) is 3.00. The Labute approximate surface area is 154 Å². The van der Waals surface area contributed by atoms with Crippen LogP contribution in [-0.2, 0) is 13.2 Å². The summed E-state index contributed by atoms with van der Waals surface area (Å²) in [7, 11) is 2.18. The standard InChI is InChI=1S/C20H24N4S/c1-15-9-5-7-11-18(15)13-22(4)14-23-20(25)24(17(3)21-23)19-12-8-6-10-16(19)2/h5-12H,13-14H2,1-4H3/p+1. The van der Waals surface area contributed by atoms with E-state index < -0.39 is 0 Å². The van der Waals surface area contributed by atoms with Gasteiger partial charge in [0, 0.05) is 5.56 Å². The summed E-state index contributed by atoms with van der Waals surface area (Å²) in [5, 5.41) is 4.69. The zero-order valence-electron chi connectivity index (χ0n) is 15.3. The Bertz CT molecular complexity index is 939. The van der Waals surface area contributed by atoms with Crippen molar-refractivity contribution >= 4 is 12.2 Å². The number of hydrogen-bond acceptors (Lipinski definition) is 2. The third kappa shape index (κ3) is 3.72. The Kier molecular flexibility index (Phi) is 5.16. The lowest BCUT2D eigenvalue weighted by atomic mass is 10.1. The molecule has 1 atom stereocenters. The fraction of sp³-hybridized carbons (Fsp3) is 0.300. The molecule has 0 saturated heterocycles. The van der Waals surface area contributed by atoms with Crippen molar-refractivity contribution in [3.8, 4) is 5.69 Å². The van der Waals surface area contributed by atoms with Crippen LogP contribution < -0.4 is 4.90 Å². The number of benzene rings is 2. The van der Waals surface area contributed by atoms with Gasteiger partial charge in [0.1, 0.15) is 12.4 Å². The van der Waals surface area contributed by atoms with Gasteiger partial charge in [0.2, 0.25) is 4.77 Å². The molecule has 1 unspecified atom stereocenters. The highest BCUT2D eigenvalue weighted by Gasteiger charge is 2.14. The second-order valence-electron chi connectivity index (χ2n) is 6.67. The largest absolute Gasteiger partial charge is 0.315 e. The third-order valence-electron chi connectivity index (χ3n) is 4.53. The van der Waals surface area contributed by atoms with Gasteiger partial charge in [-0.2, -0.15) is 9.78 Å². The van der Waals surface area contributed by atoms with E-state index in [9.17, 15) is 0 Å². The molecule has 0 aliphatic carbocycles. The molecule has 3 aromatic rings. The molecule has 2 aromatic carbocycles. The van der Waals surface area contributed by atoms with Crippen molar-refractivity contribution < 1.29 is 4.90 Å². The van der Waals surface area contributed by atoms with Crippen LogP contribution >= 0.6 is 12.2 Å². The maximum atomic E-state index is 5.71. The number of aromatic nitrogens is 3. The lowest BCUT2D eigenvalue weighted by molar-refractivity contribution is -0.917. The van der Waals surface area contributed by atoms with Gasteiger partial charge >= 0.3 is 0 Å². The molecule has 0 radical (unpaired) electrons. The van der Waals surface area contributed by atoms with Crippen LogP contribution in [0, 0.1) is 25.5 Å². The maximum Gasteiger partial charge on any atom is 0.207 e. The first-order valence-electron chi connectivity index (χ1n) is 8.55. The van der Waals surface area contributed by atoms with Gasteiger partial charge in [-0.1, -0.05) is 42.5 Å². The lowest BCUT2D eigenvalue weighted by Gasteiger charge is -2.15. The van der Waals surface area contributed by atoms with Crippen molar-refractivity contribution in [3.63, 3.8) is 0 Å². The first-order valence-corrected chi connectivity index (χ1v) is 8.96. The minimum atomic E-state index is 0.743. The van der Waals surface area contributed by atoms with Crippen LogP contribution in [0.2, 0.25) is 0 Å². The van der Waals surface area contributed by atoms with Crippen LogP contribution in [0.4, 0.5) is 0 Å². The molecule has 0 amide bonds. The minimum Gasteiger partial charge on any atom is -0.315 e. The van der Waals surface area contributed by atoms with E-state index in [1.165, 1.54) is 21.6 Å². The molecular weight excluding hydrogens is 328 g/mol. The van der Waals surface area contributed by atoms with Gasteiger partial charge in [-0.05, 0) is 50.2 Å². The fourth-order valence-corrected chi connectivity index (χ4v) is 3.49. The molecule has 1 aromatic heterocycles. The van der Waals surface area contributed by atoms with Gasteiger partial charge in [0.05, 0.1) is 12.7 Å². The normalized spacial score (nSPS) is 12.3. The van der Waals surface area contributed by atoms with Crippen molar-refractivity contribution in [2.24, 2.45) is 0 Å². The summed E-state index contributed by atoms with van der Waals surface area (Å²) in [5.74, 6) is 0.919. The van der Waals surface area contributed by atoms with E-state index in [4.69, 9.17) is 12.2 Å². The molecule has 0 aliphatic rings. The molecular formula is C20H25N4S+. The highest BCUT2D eigenvalue weighted by atomic mass is 32.1. The van der Waals surface area contributed by atoms with Gasteiger partial charge in [-0.25, -0.2) is 0 Å². The lowest BCUT2D eigenvalue weighted by Crippen LogP contribution is -3.07. The molecule has 0 spiro atoms. The highest BCUT2D eigenvalue weighted by molar-refractivity contribution is 7.71. The summed E-state index contributed by atoms with van der Waals surface area (Å²) in [6.45, 7) is 7.96. The Hall–Kier alpha value is -2.24. The quantitative estimate of drug-likeness (QED) is 0.714. The first-order chi connectivity index (χ1) is 12.0. The zero-order chi connectivity index (χ0) is 18.0. The van der Waals surface area contributed by atoms with E-state index >= 15 is 0 Å². The minimum absolute atomic E-state index is 0.743. The average molecular weight is 354 g/mol. The second-order valence-corrected chi connectivity index (χ2v) is 7.03. The van der Waals surface area contributed by atoms with E-state index in [2.05, 4.69) is 67.0 Å². The Morgan fingerprint density at radius 1 is 0.960 bits per heavy atom. The van der Waals surface area contributed by atoms with E-state index in [0.29, 0.717) is 0 Å². The molecule has 3 rings (SSSR count). The first kappa shape index (κ1) is 17.6. The van der Waals surface area contributed by atoms with E-state index in [1.807, 2.05) is 23.7 Å². The molecule has 0 aliphatic heterocycles. The van der Waals surface area contributed by atoms with E-state index in [1.54, 1.807) is 0 Å². The van der Waals surface area contributed by atoms with Gasteiger partial charge in [-0.15, -0.1) is 0 Å². The number of nitrogens with one attached hydrogen (secondary N) is 1. The summed E-state index contributed by atoms with van der Waals surface area (Å²) in [5.41, 5.74) is 4.99. The van der Waals surface area contributed by atoms with Crippen molar-refractivity contribution in [2.75, 3.05) is 7.05 Å². The second kappa shape index (κ2) is 7.33. The summed E-state index contributed by atoms with van der Waals surface area (Å²) in [4.78, 5) is 1.35. The Balaban J connectivity index is 1.85. The van der Waals surface area contributed by atoms with Crippen LogP contribution in [-0.4, -0.2) is 21.4 Å². The van der Waals surface area contributed by atoms with Gasteiger partial charge in [0.25, 0.3) is 0 Å². The number of aryl methyl sites for hydroxylation is 3. The summed E-state index contributed by atoms with van der Waals surface area (Å²) in [6, 6.07) is 16.8. The van der Waals surface area contributed by atoms with Crippen molar-refractivity contribution in [2.45, 2.75) is 34.0 Å². The van der Waals surface area contributed by atoms with Gasteiger partial charge in [-0.3, -0.25) is 4.57 Å². The number of hydrogen-bond donors (Lipinski definition) is 1. The topological polar surface area (TPSA) is 27.2 Å². The van der Waals surface area contributed by atoms with Crippen molar-refractivity contribution in [1.82, 2.24) is 14.3 Å². The molecule has 130 valence electrons. The van der Waals surface area contributed by atoms with Crippen LogP contribution in [0.15, 0.2) is 48.5 Å². The summed E-state index contributed by atoms with van der Waals surface area (Å²) < 4.78 is 4.74. The van der Waals surface area contributed by atoms with Gasteiger partial charge < -0.3 is 4.90 Å². The van der Waals surface area contributed by atoms with Crippen molar-refractivity contribution in [1.29, 1.82) is 0 Å². The number of nitrogens with zero attached hydrogens (tertiary/aromatic N) is 3. The fourth-order valence-electron chi connectivity index (χ4n) is 3.16. The average Bonchev–Trinajstić information content (AvgIpc) is 2.84. The SMILES string of the molecule is Cc1ccccc1C[NH+](C)Cn1nc(C)n(-c2ccccc2C)c1=S. The van der Waals surface area contributed by atoms with E-state index in [-0.39, 0.29) is 0 Å². The molecule has 0 bridgehead atoms. The van der Waals surface area contributed by atoms with Gasteiger partial charge in [0.15, 0.2) is 6.67 Å². The zero-order valence-corrected chi connectivity index (χ0v) is 16.1. The predicted molar refractivity (Wildman–Crippen MR) is 104 cm³/mol. The summed E-state index contributed by atoms with van der Waals surface area (Å²) >= 11 is 5.71. The Morgan fingerprint density at radius 2 is 1.60 bits per heavy atom. The molecule has 4 nitrogen and oxygen atoms in total. The molecule has 1 heterocycles. The third-order valence-corrected chi connectivity index (χ3v) is 4.92. The number of para-hydroxylation sites is 1. The summed E-state index contributed by atoms with van der Waals surface area (Å²) in [6.07, 6.45) is 0. The monoisotopic (exact) mass is 353 g/mol. The highest BCUT2D eigenvalue weighted by Crippen LogP contribution is 2.16. The molecule has 25 heavy (non-hydrogen) atoms. The van der Waals surface area contributed by atoms with Crippen LogP contribution in [0.25, 0.3) is 5.69 Å². The van der Waals surface area contributed by atoms with Crippen LogP contribution in [0.5, 0.6) is 0 Å². The molecule has 0 fully saturated rings. The van der Waals surface area contributed by atoms with Crippen LogP contribution in [0.3, 0.4) is 0 Å². The molecule has 0 saturated carbocycles.